The summed E-state index contributed by atoms with van der Waals surface area (Å²) in [6.07, 6.45) is 0.852. The molecular weight excluding hydrogens is 222 g/mol. The molecule has 16 heavy (non-hydrogen) atoms. The van der Waals surface area contributed by atoms with Crippen LogP contribution in [0.3, 0.4) is 0 Å². The van der Waals surface area contributed by atoms with Gasteiger partial charge in [-0.1, -0.05) is 31.5 Å². The molecule has 2 unspecified atom stereocenters. The summed E-state index contributed by atoms with van der Waals surface area (Å²) >= 11 is 6.02. The summed E-state index contributed by atoms with van der Waals surface area (Å²) in [6, 6.07) is 5.64. The fourth-order valence-electron chi connectivity index (χ4n) is 2.24. The lowest BCUT2D eigenvalue weighted by Gasteiger charge is -2.20. The zero-order chi connectivity index (χ0) is 11.7. The second-order valence-electron chi connectivity index (χ2n) is 4.65. The van der Waals surface area contributed by atoms with Gasteiger partial charge >= 0.3 is 0 Å². The molecule has 0 aliphatic carbocycles. The Hall–Kier alpha value is -1.02. The van der Waals surface area contributed by atoms with Gasteiger partial charge in [-0.3, -0.25) is 4.79 Å². The smallest absolute Gasteiger partial charge is 0.153 e. The van der Waals surface area contributed by atoms with Crippen LogP contribution in [-0.2, 0) is 0 Å². The average molecular weight is 238 g/mol. The third-order valence-corrected chi connectivity index (χ3v) is 3.81. The molecule has 2 rings (SSSR count). The Kier molecular flexibility index (Phi) is 3.20. The van der Waals surface area contributed by atoms with Crippen molar-refractivity contribution >= 4 is 23.6 Å². The van der Waals surface area contributed by atoms with Crippen LogP contribution < -0.4 is 4.90 Å². The minimum atomic E-state index is 0.541. The number of aldehydes is 1. The molecular formula is C13H16ClNO. The van der Waals surface area contributed by atoms with Crippen LogP contribution in [0.15, 0.2) is 18.2 Å². The molecule has 3 heteroatoms. The lowest BCUT2D eigenvalue weighted by atomic mass is 10.0. The fraction of sp³-hybridized carbons (Fsp3) is 0.462. The summed E-state index contributed by atoms with van der Waals surface area (Å²) in [5.41, 5.74) is 1.59. The van der Waals surface area contributed by atoms with Crippen molar-refractivity contribution < 1.29 is 4.79 Å². The summed E-state index contributed by atoms with van der Waals surface area (Å²) < 4.78 is 0. The Labute approximate surface area is 101 Å². The Morgan fingerprint density at radius 3 is 2.50 bits per heavy atom. The first kappa shape index (κ1) is 11.5. The van der Waals surface area contributed by atoms with Crippen LogP contribution >= 0.6 is 11.6 Å². The van der Waals surface area contributed by atoms with Gasteiger partial charge in [0.15, 0.2) is 6.29 Å². The van der Waals surface area contributed by atoms with Gasteiger partial charge < -0.3 is 4.90 Å². The first-order valence-corrected chi connectivity index (χ1v) is 6.00. The standard InChI is InChI=1S/C13H16ClNO/c1-9-6-15(7-10(9)2)13-5-3-4-12(14)11(13)8-16/h3-5,8-10H,6-7H2,1-2H3. The van der Waals surface area contributed by atoms with Crippen molar-refractivity contribution in [1.82, 2.24) is 0 Å². The van der Waals surface area contributed by atoms with E-state index in [2.05, 4.69) is 18.7 Å². The topological polar surface area (TPSA) is 20.3 Å². The highest BCUT2D eigenvalue weighted by molar-refractivity contribution is 6.33. The predicted molar refractivity (Wildman–Crippen MR) is 67.4 cm³/mol. The highest BCUT2D eigenvalue weighted by Gasteiger charge is 2.27. The third kappa shape index (κ3) is 1.94. The summed E-state index contributed by atoms with van der Waals surface area (Å²) in [7, 11) is 0. The van der Waals surface area contributed by atoms with Gasteiger partial charge in [0.1, 0.15) is 0 Å². The third-order valence-electron chi connectivity index (χ3n) is 3.48. The summed E-state index contributed by atoms with van der Waals surface area (Å²) in [6.45, 7) is 6.50. The zero-order valence-corrected chi connectivity index (χ0v) is 10.4. The van der Waals surface area contributed by atoms with E-state index in [9.17, 15) is 4.79 Å². The molecule has 0 radical (unpaired) electrons. The van der Waals surface area contributed by atoms with Crippen LogP contribution in [0.4, 0.5) is 5.69 Å². The molecule has 0 spiro atoms. The minimum absolute atomic E-state index is 0.541. The number of anilines is 1. The molecule has 86 valence electrons. The molecule has 1 fully saturated rings. The highest BCUT2D eigenvalue weighted by Crippen LogP contribution is 2.32. The number of rotatable bonds is 2. The van der Waals surface area contributed by atoms with Crippen molar-refractivity contribution in [2.45, 2.75) is 13.8 Å². The van der Waals surface area contributed by atoms with Gasteiger partial charge in [0, 0.05) is 18.8 Å². The van der Waals surface area contributed by atoms with E-state index in [0.29, 0.717) is 22.4 Å². The van der Waals surface area contributed by atoms with Crippen molar-refractivity contribution in [3.8, 4) is 0 Å². The van der Waals surface area contributed by atoms with E-state index in [1.165, 1.54) is 0 Å². The van der Waals surface area contributed by atoms with E-state index < -0.39 is 0 Å². The maximum Gasteiger partial charge on any atom is 0.153 e. The SMILES string of the molecule is CC1CN(c2cccc(Cl)c2C=O)CC1C. The normalized spacial score (nSPS) is 24.8. The summed E-state index contributed by atoms with van der Waals surface area (Å²) in [5, 5.41) is 0.541. The quantitative estimate of drug-likeness (QED) is 0.736. The van der Waals surface area contributed by atoms with Crippen molar-refractivity contribution in [3.05, 3.63) is 28.8 Å². The largest absolute Gasteiger partial charge is 0.370 e. The van der Waals surface area contributed by atoms with Crippen LogP contribution in [-0.4, -0.2) is 19.4 Å². The zero-order valence-electron chi connectivity index (χ0n) is 9.61. The van der Waals surface area contributed by atoms with E-state index in [-0.39, 0.29) is 0 Å². The maximum atomic E-state index is 11.1. The molecule has 1 saturated heterocycles. The van der Waals surface area contributed by atoms with E-state index in [1.54, 1.807) is 6.07 Å². The van der Waals surface area contributed by atoms with Gasteiger partial charge in [0.25, 0.3) is 0 Å². The molecule has 0 bridgehead atoms. The van der Waals surface area contributed by atoms with Gasteiger partial charge in [-0.05, 0) is 24.0 Å². The van der Waals surface area contributed by atoms with Crippen LogP contribution in [0.5, 0.6) is 0 Å². The number of hydrogen-bond donors (Lipinski definition) is 0. The molecule has 0 amide bonds. The van der Waals surface area contributed by atoms with E-state index in [1.807, 2.05) is 12.1 Å². The van der Waals surface area contributed by atoms with Crippen LogP contribution in [0.25, 0.3) is 0 Å². The molecule has 1 aromatic rings. The van der Waals surface area contributed by atoms with Gasteiger partial charge in [0.05, 0.1) is 10.6 Å². The highest BCUT2D eigenvalue weighted by atomic mass is 35.5. The average Bonchev–Trinajstić information content (AvgIpc) is 2.59. The van der Waals surface area contributed by atoms with Crippen molar-refractivity contribution in [2.24, 2.45) is 11.8 Å². The van der Waals surface area contributed by atoms with Crippen molar-refractivity contribution in [3.63, 3.8) is 0 Å². The van der Waals surface area contributed by atoms with Gasteiger partial charge in [0.2, 0.25) is 0 Å². The Morgan fingerprint density at radius 1 is 1.31 bits per heavy atom. The minimum Gasteiger partial charge on any atom is -0.370 e. The monoisotopic (exact) mass is 237 g/mol. The number of halogens is 1. The molecule has 0 aromatic heterocycles. The van der Waals surface area contributed by atoms with Gasteiger partial charge in [-0.25, -0.2) is 0 Å². The van der Waals surface area contributed by atoms with Crippen molar-refractivity contribution in [1.29, 1.82) is 0 Å². The number of hydrogen-bond acceptors (Lipinski definition) is 2. The fourth-order valence-corrected chi connectivity index (χ4v) is 2.46. The number of carbonyl (C=O) groups is 1. The summed E-state index contributed by atoms with van der Waals surface area (Å²) in [4.78, 5) is 13.3. The molecule has 1 aromatic carbocycles. The Morgan fingerprint density at radius 2 is 1.94 bits per heavy atom. The van der Waals surface area contributed by atoms with Crippen molar-refractivity contribution in [2.75, 3.05) is 18.0 Å². The maximum absolute atomic E-state index is 11.1. The van der Waals surface area contributed by atoms with Gasteiger partial charge in [-0.15, -0.1) is 0 Å². The number of carbonyl (C=O) groups excluding carboxylic acids is 1. The molecule has 2 nitrogen and oxygen atoms in total. The van der Waals surface area contributed by atoms with E-state index in [4.69, 9.17) is 11.6 Å². The molecule has 1 heterocycles. The lowest BCUT2D eigenvalue weighted by molar-refractivity contribution is 0.112. The first-order chi connectivity index (χ1) is 7.63. The molecule has 1 aliphatic rings. The Balaban J connectivity index is 2.34. The van der Waals surface area contributed by atoms with E-state index >= 15 is 0 Å². The molecule has 1 aliphatic heterocycles. The summed E-state index contributed by atoms with van der Waals surface area (Å²) in [5.74, 6) is 1.33. The molecule has 2 atom stereocenters. The lowest BCUT2D eigenvalue weighted by Crippen LogP contribution is -2.21. The van der Waals surface area contributed by atoms with Crippen LogP contribution in [0, 0.1) is 11.8 Å². The Bertz CT molecular complexity index is 395. The number of nitrogens with zero attached hydrogens (tertiary/aromatic N) is 1. The van der Waals surface area contributed by atoms with Gasteiger partial charge in [-0.2, -0.15) is 0 Å². The second kappa shape index (κ2) is 4.46. The first-order valence-electron chi connectivity index (χ1n) is 5.62. The molecule has 0 saturated carbocycles. The van der Waals surface area contributed by atoms with Crippen LogP contribution in [0.2, 0.25) is 5.02 Å². The predicted octanol–water partition coefficient (Wildman–Crippen LogP) is 3.24. The van der Waals surface area contributed by atoms with Crippen LogP contribution in [0.1, 0.15) is 24.2 Å². The van der Waals surface area contributed by atoms with E-state index in [0.717, 1.165) is 25.1 Å². The number of benzene rings is 1. The molecule has 0 N–H and O–H groups in total. The second-order valence-corrected chi connectivity index (χ2v) is 5.06.